The van der Waals surface area contributed by atoms with Crippen LogP contribution >= 0.6 is 22.6 Å². The van der Waals surface area contributed by atoms with Crippen molar-refractivity contribution in [3.8, 4) is 21.3 Å². The molecule has 0 fully saturated rings. The van der Waals surface area contributed by atoms with Gasteiger partial charge >= 0.3 is 0 Å². The number of halogens is 1. The van der Waals surface area contributed by atoms with Crippen molar-refractivity contribution in [1.29, 1.82) is 0 Å². The summed E-state index contributed by atoms with van der Waals surface area (Å²) in [6.07, 6.45) is 0. The highest BCUT2D eigenvalue weighted by atomic mass is 127. The van der Waals surface area contributed by atoms with Gasteiger partial charge in [0, 0.05) is 22.6 Å². The predicted octanol–water partition coefficient (Wildman–Crippen LogP) is 2.83. The third-order valence-corrected chi connectivity index (χ3v) is 2.07. The van der Waals surface area contributed by atoms with E-state index < -0.39 is 0 Å². The fourth-order valence-electron chi connectivity index (χ4n) is 1.03. The second-order valence-electron chi connectivity index (χ2n) is 2.79. The van der Waals surface area contributed by atoms with Crippen LogP contribution < -0.4 is 9.47 Å². The molecule has 0 radical (unpaired) electrons. The van der Waals surface area contributed by atoms with Gasteiger partial charge < -0.3 is 14.2 Å². The number of benzene rings is 1. The Hall–Kier alpha value is -0.930. The first-order valence-electron chi connectivity index (χ1n) is 4.88. The summed E-state index contributed by atoms with van der Waals surface area (Å²) < 4.78 is 18.5. The lowest BCUT2D eigenvalue weighted by atomic mass is 10.3. The van der Waals surface area contributed by atoms with Crippen molar-refractivity contribution < 1.29 is 14.2 Å². The molecule has 0 saturated carbocycles. The Balaban J connectivity index is 2.28. The van der Waals surface area contributed by atoms with E-state index >= 15 is 0 Å². The van der Waals surface area contributed by atoms with Crippen molar-refractivity contribution in [3.05, 3.63) is 24.3 Å². The molecule has 0 aliphatic carbocycles. The lowest BCUT2D eigenvalue weighted by molar-refractivity contribution is 0.0333. The number of hydrogen-bond acceptors (Lipinski definition) is 3. The summed E-state index contributed by atoms with van der Waals surface area (Å²) in [5, 5.41) is 0. The maximum Gasteiger partial charge on any atom is 0.190 e. The average Bonchev–Trinajstić information content (AvgIpc) is 2.31. The third kappa shape index (κ3) is 5.24. The van der Waals surface area contributed by atoms with Crippen molar-refractivity contribution in [3.63, 3.8) is 0 Å². The number of ether oxygens (including phenoxy) is 3. The minimum atomic E-state index is 0.208. The molecule has 1 rings (SSSR count). The zero-order valence-corrected chi connectivity index (χ0v) is 11.2. The standard InChI is InChI=1S/C12H13IO3/c1-2-15-11-4-6-12(7-5-11)16-10-14-9-3-8-13/h4-7H,2,9-10H2,1H3. The molecule has 0 saturated heterocycles. The minimum absolute atomic E-state index is 0.208. The van der Waals surface area contributed by atoms with Crippen LogP contribution in [0.25, 0.3) is 0 Å². The minimum Gasteiger partial charge on any atom is -0.494 e. The van der Waals surface area contributed by atoms with E-state index in [1.54, 1.807) is 0 Å². The van der Waals surface area contributed by atoms with Gasteiger partial charge in [-0.3, -0.25) is 0 Å². The topological polar surface area (TPSA) is 27.7 Å². The summed E-state index contributed by atoms with van der Waals surface area (Å²) in [4.78, 5) is 0. The van der Waals surface area contributed by atoms with Gasteiger partial charge in [0.25, 0.3) is 0 Å². The van der Waals surface area contributed by atoms with Crippen LogP contribution in [0.15, 0.2) is 24.3 Å². The Morgan fingerprint density at radius 1 is 1.12 bits per heavy atom. The maximum absolute atomic E-state index is 5.34. The van der Waals surface area contributed by atoms with Gasteiger partial charge in [0.2, 0.25) is 0 Å². The summed E-state index contributed by atoms with van der Waals surface area (Å²) in [5.74, 6) is 4.37. The molecule has 0 bridgehead atoms. The van der Waals surface area contributed by atoms with E-state index in [2.05, 4.69) is 9.85 Å². The Morgan fingerprint density at radius 3 is 2.31 bits per heavy atom. The van der Waals surface area contributed by atoms with Crippen molar-refractivity contribution in [2.24, 2.45) is 0 Å². The molecule has 0 heterocycles. The molecule has 0 aliphatic heterocycles. The summed E-state index contributed by atoms with van der Waals surface area (Å²) >= 11 is 1.97. The molecule has 0 amide bonds. The van der Waals surface area contributed by atoms with E-state index in [-0.39, 0.29) is 6.79 Å². The summed E-state index contributed by atoms with van der Waals surface area (Å²) in [5.41, 5.74) is 0. The molecule has 1 aromatic rings. The normalized spacial score (nSPS) is 9.12. The van der Waals surface area contributed by atoms with Crippen LogP contribution in [0.4, 0.5) is 0 Å². The van der Waals surface area contributed by atoms with E-state index in [9.17, 15) is 0 Å². The maximum atomic E-state index is 5.34. The predicted molar refractivity (Wildman–Crippen MR) is 70.9 cm³/mol. The third-order valence-electron chi connectivity index (χ3n) is 1.68. The summed E-state index contributed by atoms with van der Waals surface area (Å²) in [6, 6.07) is 7.42. The van der Waals surface area contributed by atoms with Gasteiger partial charge in [-0.15, -0.1) is 0 Å². The van der Waals surface area contributed by atoms with Crippen LogP contribution in [0.2, 0.25) is 0 Å². The molecular formula is C12H13IO3. The lowest BCUT2D eigenvalue weighted by Crippen LogP contribution is -2.02. The highest BCUT2D eigenvalue weighted by Crippen LogP contribution is 2.17. The molecule has 16 heavy (non-hydrogen) atoms. The molecule has 1 aromatic carbocycles. The molecule has 0 unspecified atom stereocenters. The fraction of sp³-hybridized carbons (Fsp3) is 0.333. The molecule has 0 aliphatic rings. The second kappa shape index (κ2) is 8.25. The van der Waals surface area contributed by atoms with Gasteiger partial charge in [-0.05, 0) is 35.1 Å². The van der Waals surface area contributed by atoms with Crippen LogP contribution in [0.1, 0.15) is 6.92 Å². The summed E-state index contributed by atoms with van der Waals surface area (Å²) in [7, 11) is 0. The Morgan fingerprint density at radius 2 is 1.75 bits per heavy atom. The van der Waals surface area contributed by atoms with Crippen LogP contribution in [0, 0.1) is 9.85 Å². The van der Waals surface area contributed by atoms with Crippen LogP contribution in [-0.2, 0) is 4.74 Å². The average molecular weight is 332 g/mol. The fourth-order valence-corrected chi connectivity index (χ4v) is 1.18. The van der Waals surface area contributed by atoms with Gasteiger partial charge in [0.1, 0.15) is 18.1 Å². The van der Waals surface area contributed by atoms with E-state index in [0.717, 1.165) is 11.5 Å². The van der Waals surface area contributed by atoms with Crippen LogP contribution in [-0.4, -0.2) is 20.0 Å². The van der Waals surface area contributed by atoms with Crippen molar-refractivity contribution in [1.82, 2.24) is 0 Å². The Bertz CT molecular complexity index is 351. The van der Waals surface area contributed by atoms with Gasteiger partial charge in [0.05, 0.1) is 6.61 Å². The Labute approximate surface area is 109 Å². The lowest BCUT2D eigenvalue weighted by Gasteiger charge is -2.06. The zero-order chi connectivity index (χ0) is 11.6. The van der Waals surface area contributed by atoms with E-state index in [1.165, 1.54) is 0 Å². The van der Waals surface area contributed by atoms with E-state index in [1.807, 2.05) is 53.8 Å². The van der Waals surface area contributed by atoms with E-state index in [4.69, 9.17) is 14.2 Å². The first-order chi connectivity index (χ1) is 7.86. The smallest absolute Gasteiger partial charge is 0.190 e. The molecule has 0 atom stereocenters. The molecular weight excluding hydrogens is 319 g/mol. The highest BCUT2D eigenvalue weighted by molar-refractivity contribution is 14.1. The van der Waals surface area contributed by atoms with Crippen molar-refractivity contribution in [2.45, 2.75) is 6.92 Å². The second-order valence-corrected chi connectivity index (χ2v) is 3.33. The monoisotopic (exact) mass is 332 g/mol. The first-order valence-corrected chi connectivity index (χ1v) is 5.96. The molecule has 86 valence electrons. The van der Waals surface area contributed by atoms with Crippen molar-refractivity contribution >= 4 is 22.6 Å². The van der Waals surface area contributed by atoms with Crippen LogP contribution in [0.3, 0.4) is 0 Å². The Kier molecular flexibility index (Phi) is 6.77. The quantitative estimate of drug-likeness (QED) is 0.347. The molecule has 3 nitrogen and oxygen atoms in total. The van der Waals surface area contributed by atoms with Crippen molar-refractivity contribution in [2.75, 3.05) is 20.0 Å². The van der Waals surface area contributed by atoms with Crippen LogP contribution in [0.5, 0.6) is 11.5 Å². The van der Waals surface area contributed by atoms with Gasteiger partial charge in [-0.2, -0.15) is 0 Å². The molecule has 0 aromatic heterocycles. The van der Waals surface area contributed by atoms with E-state index in [0.29, 0.717) is 13.2 Å². The van der Waals surface area contributed by atoms with Gasteiger partial charge in [-0.25, -0.2) is 0 Å². The number of rotatable bonds is 6. The van der Waals surface area contributed by atoms with Gasteiger partial charge in [0.15, 0.2) is 6.79 Å². The number of hydrogen-bond donors (Lipinski definition) is 0. The first kappa shape index (κ1) is 13.1. The largest absolute Gasteiger partial charge is 0.494 e. The summed E-state index contributed by atoms with van der Waals surface area (Å²) in [6.45, 7) is 3.21. The SMILES string of the molecule is CCOc1ccc(OCOCC#CI)cc1. The molecule has 0 spiro atoms. The molecule has 0 N–H and O–H groups in total. The highest BCUT2D eigenvalue weighted by Gasteiger charge is 1.95. The molecule has 4 heteroatoms. The van der Waals surface area contributed by atoms with Gasteiger partial charge in [-0.1, -0.05) is 5.92 Å². The zero-order valence-electron chi connectivity index (χ0n) is 9.03.